The third-order valence-corrected chi connectivity index (χ3v) is 3.89. The maximum Gasteiger partial charge on any atom is 0.251 e. The Morgan fingerprint density at radius 3 is 3.21 bits per heavy atom. The summed E-state index contributed by atoms with van der Waals surface area (Å²) < 4.78 is 0. The van der Waals surface area contributed by atoms with Gasteiger partial charge in [0.1, 0.15) is 0 Å². The van der Waals surface area contributed by atoms with Gasteiger partial charge in [0.25, 0.3) is 5.91 Å². The molecule has 2 aromatic rings. The zero-order valence-corrected chi connectivity index (χ0v) is 10.6. The number of fused-ring (bicyclic) bond motifs is 1. The molecule has 1 aliphatic carbocycles. The van der Waals surface area contributed by atoms with E-state index in [1.807, 2.05) is 6.07 Å². The Labute approximate surface area is 111 Å². The third kappa shape index (κ3) is 2.33. The molecular weight excluding hydrogens is 242 g/mol. The van der Waals surface area contributed by atoms with Gasteiger partial charge in [0, 0.05) is 24.1 Å². The van der Waals surface area contributed by atoms with Crippen LogP contribution in [0.3, 0.4) is 0 Å². The van der Waals surface area contributed by atoms with Gasteiger partial charge < -0.3 is 15.4 Å². The van der Waals surface area contributed by atoms with Crippen molar-refractivity contribution < 1.29 is 9.90 Å². The van der Waals surface area contributed by atoms with Gasteiger partial charge >= 0.3 is 0 Å². The number of nitrogens with zero attached hydrogens (tertiary/aromatic N) is 1. The van der Waals surface area contributed by atoms with Crippen molar-refractivity contribution >= 4 is 16.9 Å². The van der Waals surface area contributed by atoms with Crippen LogP contribution >= 0.6 is 0 Å². The standard InChI is InChI=1S/C14H17N3O2/c18-7-10-2-1-3-11(10)17-14(19)9-4-5-12-13(6-9)16-8-15-12/h4-6,8,10-11,18H,1-3,7H2,(H,15,16)(H,17,19). The lowest BCUT2D eigenvalue weighted by Gasteiger charge is -2.18. The highest BCUT2D eigenvalue weighted by atomic mass is 16.3. The highest BCUT2D eigenvalue weighted by Gasteiger charge is 2.28. The summed E-state index contributed by atoms with van der Waals surface area (Å²) in [6.45, 7) is 0.143. The van der Waals surface area contributed by atoms with Crippen molar-refractivity contribution in [2.75, 3.05) is 6.61 Å². The molecule has 100 valence electrons. The molecular formula is C14H17N3O2. The van der Waals surface area contributed by atoms with Crippen LogP contribution in [0.5, 0.6) is 0 Å². The van der Waals surface area contributed by atoms with Crippen LogP contribution in [0.4, 0.5) is 0 Å². The maximum atomic E-state index is 12.2. The molecule has 0 saturated heterocycles. The van der Waals surface area contributed by atoms with Gasteiger partial charge in [0.05, 0.1) is 17.4 Å². The van der Waals surface area contributed by atoms with E-state index in [1.165, 1.54) is 0 Å². The molecule has 5 nitrogen and oxygen atoms in total. The van der Waals surface area contributed by atoms with E-state index in [0.29, 0.717) is 5.56 Å². The van der Waals surface area contributed by atoms with Crippen molar-refractivity contribution in [3.63, 3.8) is 0 Å². The van der Waals surface area contributed by atoms with Crippen molar-refractivity contribution in [3.05, 3.63) is 30.1 Å². The molecule has 1 amide bonds. The van der Waals surface area contributed by atoms with E-state index >= 15 is 0 Å². The first-order valence-corrected chi connectivity index (χ1v) is 6.63. The Morgan fingerprint density at radius 2 is 2.37 bits per heavy atom. The van der Waals surface area contributed by atoms with Gasteiger partial charge in [0.15, 0.2) is 0 Å². The molecule has 2 atom stereocenters. The lowest BCUT2D eigenvalue weighted by atomic mass is 10.0. The number of aliphatic hydroxyl groups is 1. The molecule has 1 fully saturated rings. The van der Waals surface area contributed by atoms with Crippen molar-refractivity contribution in [3.8, 4) is 0 Å². The van der Waals surface area contributed by atoms with Gasteiger partial charge in [-0.25, -0.2) is 4.98 Å². The first-order valence-electron chi connectivity index (χ1n) is 6.63. The van der Waals surface area contributed by atoms with Gasteiger partial charge in [-0.05, 0) is 31.0 Å². The minimum atomic E-state index is -0.0816. The van der Waals surface area contributed by atoms with E-state index < -0.39 is 0 Å². The van der Waals surface area contributed by atoms with E-state index in [1.54, 1.807) is 18.5 Å². The molecule has 1 aliphatic rings. The lowest BCUT2D eigenvalue weighted by molar-refractivity contribution is 0.0916. The van der Waals surface area contributed by atoms with Crippen molar-refractivity contribution in [2.24, 2.45) is 5.92 Å². The summed E-state index contributed by atoms with van der Waals surface area (Å²) in [5.74, 6) is 0.113. The van der Waals surface area contributed by atoms with Gasteiger partial charge in [-0.1, -0.05) is 6.42 Å². The molecule has 2 unspecified atom stereocenters. The van der Waals surface area contributed by atoms with Crippen LogP contribution < -0.4 is 5.32 Å². The number of aromatic nitrogens is 2. The SMILES string of the molecule is O=C(NC1CCCC1CO)c1ccc2nc[nH]c2c1. The number of imidazole rings is 1. The van der Waals surface area contributed by atoms with E-state index in [2.05, 4.69) is 15.3 Å². The molecule has 1 saturated carbocycles. The second kappa shape index (κ2) is 5.01. The average Bonchev–Trinajstić information content (AvgIpc) is 3.05. The Kier molecular flexibility index (Phi) is 3.21. The van der Waals surface area contributed by atoms with E-state index in [9.17, 15) is 9.90 Å². The average molecular weight is 259 g/mol. The minimum Gasteiger partial charge on any atom is -0.396 e. The van der Waals surface area contributed by atoms with Crippen LogP contribution in [0.25, 0.3) is 11.0 Å². The Hall–Kier alpha value is -1.88. The smallest absolute Gasteiger partial charge is 0.251 e. The number of carbonyl (C=O) groups is 1. The third-order valence-electron chi connectivity index (χ3n) is 3.89. The van der Waals surface area contributed by atoms with Crippen LogP contribution in [0.15, 0.2) is 24.5 Å². The second-order valence-corrected chi connectivity index (χ2v) is 5.09. The molecule has 0 spiro atoms. The molecule has 0 radical (unpaired) electrons. The summed E-state index contributed by atoms with van der Waals surface area (Å²) in [6, 6.07) is 5.51. The Bertz CT molecular complexity index is 593. The predicted molar refractivity (Wildman–Crippen MR) is 71.8 cm³/mol. The van der Waals surface area contributed by atoms with Crippen LogP contribution in [0.1, 0.15) is 29.6 Å². The zero-order chi connectivity index (χ0) is 13.2. The van der Waals surface area contributed by atoms with Crippen molar-refractivity contribution in [1.29, 1.82) is 0 Å². The van der Waals surface area contributed by atoms with Gasteiger partial charge in [0.2, 0.25) is 0 Å². The van der Waals surface area contributed by atoms with Crippen LogP contribution in [0, 0.1) is 5.92 Å². The molecule has 1 aromatic heterocycles. The normalized spacial score (nSPS) is 22.8. The number of amides is 1. The van der Waals surface area contributed by atoms with Crippen molar-refractivity contribution in [2.45, 2.75) is 25.3 Å². The van der Waals surface area contributed by atoms with Crippen LogP contribution in [-0.2, 0) is 0 Å². The monoisotopic (exact) mass is 259 g/mol. The molecule has 1 aromatic carbocycles. The van der Waals surface area contributed by atoms with E-state index in [4.69, 9.17) is 0 Å². The summed E-state index contributed by atoms with van der Waals surface area (Å²) in [7, 11) is 0. The Morgan fingerprint density at radius 1 is 1.47 bits per heavy atom. The lowest BCUT2D eigenvalue weighted by Crippen LogP contribution is -2.38. The molecule has 3 rings (SSSR count). The fraction of sp³-hybridized carbons (Fsp3) is 0.429. The molecule has 1 heterocycles. The van der Waals surface area contributed by atoms with E-state index in [-0.39, 0.29) is 24.5 Å². The van der Waals surface area contributed by atoms with Gasteiger partial charge in [-0.2, -0.15) is 0 Å². The minimum absolute atomic E-state index is 0.0816. The first-order chi connectivity index (χ1) is 9.28. The summed E-state index contributed by atoms with van der Waals surface area (Å²) in [4.78, 5) is 19.3. The fourth-order valence-corrected chi connectivity index (χ4v) is 2.77. The zero-order valence-electron chi connectivity index (χ0n) is 10.6. The number of aliphatic hydroxyl groups excluding tert-OH is 1. The number of carbonyl (C=O) groups excluding carboxylic acids is 1. The second-order valence-electron chi connectivity index (χ2n) is 5.09. The summed E-state index contributed by atoms with van der Waals surface area (Å²) in [6.07, 6.45) is 4.62. The molecule has 3 N–H and O–H groups in total. The Balaban J connectivity index is 1.76. The van der Waals surface area contributed by atoms with Crippen molar-refractivity contribution in [1.82, 2.24) is 15.3 Å². The predicted octanol–water partition coefficient (Wildman–Crippen LogP) is 1.45. The fourth-order valence-electron chi connectivity index (χ4n) is 2.77. The molecule has 0 bridgehead atoms. The van der Waals surface area contributed by atoms with Gasteiger partial charge in [-0.3, -0.25) is 4.79 Å². The topological polar surface area (TPSA) is 78.0 Å². The first kappa shape index (κ1) is 12.2. The van der Waals surface area contributed by atoms with Crippen LogP contribution in [-0.4, -0.2) is 33.6 Å². The largest absolute Gasteiger partial charge is 0.396 e. The number of aromatic amines is 1. The van der Waals surface area contributed by atoms with Crippen LogP contribution in [0.2, 0.25) is 0 Å². The molecule has 19 heavy (non-hydrogen) atoms. The van der Waals surface area contributed by atoms with Gasteiger partial charge in [-0.15, -0.1) is 0 Å². The quantitative estimate of drug-likeness (QED) is 0.780. The number of H-pyrrole nitrogens is 1. The summed E-state index contributed by atoms with van der Waals surface area (Å²) in [5.41, 5.74) is 2.34. The number of hydrogen-bond donors (Lipinski definition) is 3. The number of nitrogens with one attached hydrogen (secondary N) is 2. The molecule has 5 heteroatoms. The highest BCUT2D eigenvalue weighted by molar-refractivity contribution is 5.97. The number of hydrogen-bond acceptors (Lipinski definition) is 3. The molecule has 0 aliphatic heterocycles. The van der Waals surface area contributed by atoms with E-state index in [0.717, 1.165) is 30.3 Å². The number of benzene rings is 1. The summed E-state index contributed by atoms with van der Waals surface area (Å²) >= 11 is 0. The number of rotatable bonds is 3. The summed E-state index contributed by atoms with van der Waals surface area (Å²) in [5, 5.41) is 12.3. The maximum absolute atomic E-state index is 12.2. The highest BCUT2D eigenvalue weighted by Crippen LogP contribution is 2.25.